The number of anilines is 1. The van der Waals surface area contributed by atoms with Crippen molar-refractivity contribution in [2.75, 3.05) is 30.2 Å². The molecule has 6 nitrogen and oxygen atoms in total. The fourth-order valence-electron chi connectivity index (χ4n) is 2.50. The Kier molecular flexibility index (Phi) is 6.63. The van der Waals surface area contributed by atoms with E-state index in [1.54, 1.807) is 29.2 Å². The summed E-state index contributed by atoms with van der Waals surface area (Å²) in [5, 5.41) is 0. The topological polar surface area (TPSA) is 66.9 Å². The van der Waals surface area contributed by atoms with E-state index in [0.717, 1.165) is 10.6 Å². The number of rotatable bonds is 8. The highest BCUT2D eigenvalue weighted by molar-refractivity contribution is 7.92. The number of ether oxygens (including phenoxy) is 1. The lowest BCUT2D eigenvalue weighted by Gasteiger charge is -2.26. The quantitative estimate of drug-likeness (QED) is 0.710. The molecule has 2 aromatic rings. The fourth-order valence-corrected chi connectivity index (χ4v) is 3.35. The minimum absolute atomic E-state index is 0.223. The third-order valence-electron chi connectivity index (χ3n) is 3.90. The number of nitrogens with zero attached hydrogens (tertiary/aromatic N) is 2. The van der Waals surface area contributed by atoms with Gasteiger partial charge in [0.2, 0.25) is 15.9 Å². The maximum Gasteiger partial charge on any atom is 0.243 e. The highest BCUT2D eigenvalue weighted by atomic mass is 32.2. The number of sulfonamides is 1. The molecule has 0 aliphatic rings. The van der Waals surface area contributed by atoms with E-state index in [-0.39, 0.29) is 12.5 Å². The minimum Gasteiger partial charge on any atom is -0.457 e. The molecule has 0 spiro atoms. The van der Waals surface area contributed by atoms with E-state index < -0.39 is 10.0 Å². The average Bonchev–Trinajstić information content (AvgIpc) is 2.61. The second kappa shape index (κ2) is 8.71. The molecule has 0 radical (unpaired) electrons. The van der Waals surface area contributed by atoms with E-state index in [9.17, 15) is 13.2 Å². The Morgan fingerprint density at radius 1 is 0.923 bits per heavy atom. The van der Waals surface area contributed by atoms with Crippen LogP contribution in [0.4, 0.5) is 5.69 Å². The highest BCUT2D eigenvalue weighted by Crippen LogP contribution is 2.25. The number of carbonyl (C=O) groups is 1. The molecule has 140 valence electrons. The van der Waals surface area contributed by atoms with E-state index in [1.165, 1.54) is 0 Å². The van der Waals surface area contributed by atoms with E-state index in [2.05, 4.69) is 0 Å². The van der Waals surface area contributed by atoms with Crippen LogP contribution >= 0.6 is 0 Å². The zero-order valence-corrected chi connectivity index (χ0v) is 16.1. The summed E-state index contributed by atoms with van der Waals surface area (Å²) in [4.78, 5) is 13.9. The number of hydrogen-bond donors (Lipinski definition) is 0. The van der Waals surface area contributed by atoms with Crippen molar-refractivity contribution in [1.29, 1.82) is 0 Å². The van der Waals surface area contributed by atoms with Gasteiger partial charge in [-0.1, -0.05) is 18.2 Å². The van der Waals surface area contributed by atoms with Gasteiger partial charge in [-0.05, 0) is 50.2 Å². The average molecular weight is 376 g/mol. The number of amides is 1. The van der Waals surface area contributed by atoms with E-state index >= 15 is 0 Å². The van der Waals surface area contributed by atoms with Crippen molar-refractivity contribution in [3.8, 4) is 11.5 Å². The molecule has 26 heavy (non-hydrogen) atoms. The molecule has 7 heteroatoms. The smallest absolute Gasteiger partial charge is 0.243 e. The number of likely N-dealkylation sites (N-methyl/N-ethyl adjacent to an activating group) is 1. The van der Waals surface area contributed by atoms with Crippen molar-refractivity contribution in [3.63, 3.8) is 0 Å². The van der Waals surface area contributed by atoms with Gasteiger partial charge in [0.1, 0.15) is 18.0 Å². The summed E-state index contributed by atoms with van der Waals surface area (Å²) < 4.78 is 31.2. The molecule has 0 saturated heterocycles. The normalized spacial score (nSPS) is 11.0. The first-order valence-electron chi connectivity index (χ1n) is 8.43. The molecule has 2 rings (SSSR count). The lowest BCUT2D eigenvalue weighted by atomic mass is 10.3. The zero-order valence-electron chi connectivity index (χ0n) is 15.3. The molecule has 0 aromatic heterocycles. The van der Waals surface area contributed by atoms with Crippen LogP contribution in [-0.4, -0.2) is 45.1 Å². The highest BCUT2D eigenvalue weighted by Gasteiger charge is 2.23. The van der Waals surface area contributed by atoms with E-state index in [0.29, 0.717) is 30.3 Å². The summed E-state index contributed by atoms with van der Waals surface area (Å²) in [5.74, 6) is 1.05. The molecule has 0 bridgehead atoms. The summed E-state index contributed by atoms with van der Waals surface area (Å²) in [5.41, 5.74) is 0.424. The Hall–Kier alpha value is -2.54. The molecule has 0 atom stereocenters. The largest absolute Gasteiger partial charge is 0.457 e. The second-order valence-electron chi connectivity index (χ2n) is 5.74. The molecule has 2 aromatic carbocycles. The van der Waals surface area contributed by atoms with Crippen molar-refractivity contribution in [1.82, 2.24) is 4.90 Å². The van der Waals surface area contributed by atoms with Crippen molar-refractivity contribution in [2.45, 2.75) is 13.8 Å². The number of hydrogen-bond acceptors (Lipinski definition) is 4. The van der Waals surface area contributed by atoms with Gasteiger partial charge >= 0.3 is 0 Å². The van der Waals surface area contributed by atoms with Gasteiger partial charge in [-0.15, -0.1) is 0 Å². The van der Waals surface area contributed by atoms with Gasteiger partial charge in [-0.2, -0.15) is 0 Å². The fraction of sp³-hybridized carbons (Fsp3) is 0.316. The van der Waals surface area contributed by atoms with Gasteiger partial charge in [-0.3, -0.25) is 9.10 Å². The van der Waals surface area contributed by atoms with Crippen molar-refractivity contribution in [3.05, 3.63) is 54.6 Å². The third-order valence-corrected chi connectivity index (χ3v) is 5.04. The Bertz CT molecular complexity index is 816. The van der Waals surface area contributed by atoms with Crippen LogP contribution in [0.3, 0.4) is 0 Å². The maximum atomic E-state index is 12.3. The van der Waals surface area contributed by atoms with Gasteiger partial charge in [0.25, 0.3) is 0 Å². The predicted octanol–water partition coefficient (Wildman–Crippen LogP) is 3.11. The zero-order chi connectivity index (χ0) is 19.2. The molecule has 1 amide bonds. The molecule has 0 saturated carbocycles. The maximum absolute atomic E-state index is 12.3. The molecular formula is C19H24N2O4S. The monoisotopic (exact) mass is 376 g/mol. The second-order valence-corrected chi connectivity index (χ2v) is 7.65. The van der Waals surface area contributed by atoms with Gasteiger partial charge in [-0.25, -0.2) is 8.42 Å². The van der Waals surface area contributed by atoms with Crippen molar-refractivity contribution in [2.24, 2.45) is 0 Å². The van der Waals surface area contributed by atoms with Gasteiger partial charge in [0.15, 0.2) is 0 Å². The Balaban J connectivity index is 2.19. The van der Waals surface area contributed by atoms with Crippen molar-refractivity contribution < 1.29 is 17.9 Å². The first-order valence-corrected chi connectivity index (χ1v) is 10.3. The SMILES string of the molecule is CCN(CC)C(=O)CN(c1ccc(Oc2ccccc2)cc1)S(C)(=O)=O. The van der Waals surface area contributed by atoms with Crippen LogP contribution in [0.2, 0.25) is 0 Å². The number of benzene rings is 2. The van der Waals surface area contributed by atoms with Crippen LogP contribution in [-0.2, 0) is 14.8 Å². The third kappa shape index (κ3) is 5.23. The first kappa shape index (κ1) is 19.8. The van der Waals surface area contributed by atoms with Crippen LogP contribution in [0.5, 0.6) is 11.5 Å². The standard InChI is InChI=1S/C19H24N2O4S/c1-4-20(5-2)19(22)15-21(26(3,23)24)16-11-13-18(14-12-16)25-17-9-7-6-8-10-17/h6-14H,4-5,15H2,1-3H3. The lowest BCUT2D eigenvalue weighted by Crippen LogP contribution is -2.42. The predicted molar refractivity (Wildman–Crippen MR) is 103 cm³/mol. The van der Waals surface area contributed by atoms with E-state index in [1.807, 2.05) is 44.2 Å². The Labute approximate surface area is 155 Å². The van der Waals surface area contributed by atoms with Crippen LogP contribution in [0.1, 0.15) is 13.8 Å². The summed E-state index contributed by atoms with van der Waals surface area (Å²) in [6.07, 6.45) is 1.09. The summed E-state index contributed by atoms with van der Waals surface area (Å²) in [6, 6.07) is 15.9. The first-order chi connectivity index (χ1) is 12.3. The van der Waals surface area contributed by atoms with Gasteiger partial charge < -0.3 is 9.64 Å². The molecule has 0 aliphatic carbocycles. The molecular weight excluding hydrogens is 352 g/mol. The minimum atomic E-state index is -3.59. The Morgan fingerprint density at radius 2 is 1.46 bits per heavy atom. The van der Waals surface area contributed by atoms with Crippen LogP contribution in [0.15, 0.2) is 54.6 Å². The van der Waals surface area contributed by atoms with Crippen LogP contribution < -0.4 is 9.04 Å². The molecule has 0 N–H and O–H groups in total. The lowest BCUT2D eigenvalue weighted by molar-refractivity contribution is -0.129. The van der Waals surface area contributed by atoms with E-state index in [4.69, 9.17) is 4.74 Å². The summed E-state index contributed by atoms with van der Waals surface area (Å²) >= 11 is 0. The summed E-state index contributed by atoms with van der Waals surface area (Å²) in [6.45, 7) is 4.58. The Morgan fingerprint density at radius 3 is 1.96 bits per heavy atom. The molecule has 0 heterocycles. The van der Waals surface area contributed by atoms with Gasteiger partial charge in [0, 0.05) is 13.1 Å². The molecule has 0 fully saturated rings. The number of para-hydroxylation sites is 1. The molecule has 0 unspecified atom stereocenters. The molecule has 0 aliphatic heterocycles. The van der Waals surface area contributed by atoms with Crippen molar-refractivity contribution >= 4 is 21.6 Å². The number of carbonyl (C=O) groups excluding carboxylic acids is 1. The van der Waals surface area contributed by atoms with Crippen LogP contribution in [0, 0.1) is 0 Å². The van der Waals surface area contributed by atoms with Gasteiger partial charge in [0.05, 0.1) is 11.9 Å². The summed E-state index contributed by atoms with van der Waals surface area (Å²) in [7, 11) is -3.59. The van der Waals surface area contributed by atoms with Crippen LogP contribution in [0.25, 0.3) is 0 Å².